The van der Waals surface area contributed by atoms with Crippen LogP contribution in [0.15, 0.2) is 42.5 Å². The largest absolute Gasteiger partial charge is 0.420 e. The van der Waals surface area contributed by atoms with E-state index in [9.17, 15) is 18.0 Å². The fraction of sp³-hybridized carbons (Fsp3) is 0.467. The predicted molar refractivity (Wildman–Crippen MR) is 151 cm³/mol. The molecule has 1 heterocycles. The second kappa shape index (κ2) is 10.9. The number of carbonyl (C=O) groups excluding carboxylic acids is 1. The van der Waals surface area contributed by atoms with Gasteiger partial charge in [-0.25, -0.2) is 4.68 Å². The predicted octanol–water partition coefficient (Wildman–Crippen LogP) is 9.10. The van der Waals surface area contributed by atoms with Crippen molar-refractivity contribution in [2.45, 2.75) is 51.1 Å². The van der Waals surface area contributed by atoms with E-state index in [1.54, 1.807) is 0 Å². The van der Waals surface area contributed by atoms with Crippen LogP contribution >= 0.6 is 34.8 Å². The van der Waals surface area contributed by atoms with Crippen LogP contribution in [0.25, 0.3) is 16.9 Å². The maximum atomic E-state index is 14.6. The molecule has 0 atom stereocenters. The fourth-order valence-corrected chi connectivity index (χ4v) is 8.29. The van der Waals surface area contributed by atoms with E-state index in [1.807, 2.05) is 0 Å². The van der Waals surface area contributed by atoms with Crippen LogP contribution in [-0.4, -0.2) is 22.2 Å². The van der Waals surface area contributed by atoms with E-state index in [4.69, 9.17) is 34.8 Å². The van der Waals surface area contributed by atoms with Crippen LogP contribution in [0.5, 0.6) is 0 Å². The van der Waals surface area contributed by atoms with E-state index < -0.39 is 23.3 Å². The van der Waals surface area contributed by atoms with Gasteiger partial charge in [0.1, 0.15) is 5.56 Å². The molecule has 0 unspecified atom stereocenters. The second-order valence-electron chi connectivity index (χ2n) is 11.6. The number of halogens is 6. The number of benzene rings is 2. The van der Waals surface area contributed by atoms with Gasteiger partial charge in [-0.05, 0) is 105 Å². The Kier molecular flexibility index (Phi) is 7.60. The van der Waals surface area contributed by atoms with Gasteiger partial charge < -0.3 is 5.32 Å². The number of nitrogens with zero attached hydrogens (tertiary/aromatic N) is 2. The van der Waals surface area contributed by atoms with Gasteiger partial charge in [-0.2, -0.15) is 18.3 Å². The maximum Gasteiger partial charge on any atom is 0.420 e. The normalized spacial score (nSPS) is 25.4. The Bertz CT molecular complexity index is 1390. The Hall–Kier alpha value is -2.22. The monoisotopic (exact) mass is 609 g/mol. The summed E-state index contributed by atoms with van der Waals surface area (Å²) < 4.78 is 44.9. The molecule has 4 nitrogen and oxygen atoms in total. The first-order valence-electron chi connectivity index (χ1n) is 13.8. The Morgan fingerprint density at radius 1 is 0.925 bits per heavy atom. The molecule has 10 heteroatoms. The maximum absolute atomic E-state index is 14.6. The van der Waals surface area contributed by atoms with Gasteiger partial charge in [0.15, 0.2) is 5.69 Å². The van der Waals surface area contributed by atoms with Crippen molar-refractivity contribution in [2.75, 3.05) is 6.54 Å². The topological polar surface area (TPSA) is 46.9 Å². The Morgan fingerprint density at radius 2 is 1.55 bits per heavy atom. The standard InChI is InChI=1S/C30H29Cl3F3N3O/c31-21-5-3-18(4-6-21)28-26(30(34,35)36)27(38-39(28)25-8-7-22(32)15-24(25)33)29(40)37-9-1-2-23-19-11-16-10-17(13-19)14-20(23)12-16/h3-8,15-17,19-20,23H,1-2,9-14H2,(H,37,40). The number of nitrogens with one attached hydrogen (secondary N) is 1. The lowest BCUT2D eigenvalue weighted by molar-refractivity contribution is -0.137. The molecule has 1 N–H and O–H groups in total. The minimum atomic E-state index is -4.86. The minimum absolute atomic E-state index is 0.0987. The number of aromatic nitrogens is 2. The summed E-state index contributed by atoms with van der Waals surface area (Å²) in [5.74, 6) is 3.11. The van der Waals surface area contributed by atoms with E-state index in [2.05, 4.69) is 10.4 Å². The van der Waals surface area contributed by atoms with E-state index in [0.717, 1.165) is 41.2 Å². The van der Waals surface area contributed by atoms with Gasteiger partial charge in [0, 0.05) is 22.2 Å². The third kappa shape index (κ3) is 5.37. The number of amides is 1. The molecule has 40 heavy (non-hydrogen) atoms. The fourth-order valence-electron chi connectivity index (χ4n) is 7.68. The zero-order valence-electron chi connectivity index (χ0n) is 21.7. The smallest absolute Gasteiger partial charge is 0.351 e. The van der Waals surface area contributed by atoms with Gasteiger partial charge in [0.25, 0.3) is 5.91 Å². The highest BCUT2D eigenvalue weighted by atomic mass is 35.5. The Morgan fingerprint density at radius 3 is 2.15 bits per heavy atom. The average Bonchev–Trinajstić information content (AvgIpc) is 3.29. The van der Waals surface area contributed by atoms with Crippen LogP contribution in [0.3, 0.4) is 0 Å². The molecule has 212 valence electrons. The summed E-state index contributed by atoms with van der Waals surface area (Å²) in [6.07, 6.45) is 3.52. The summed E-state index contributed by atoms with van der Waals surface area (Å²) in [5.41, 5.74) is -1.76. The molecule has 4 bridgehead atoms. The lowest BCUT2D eigenvalue weighted by atomic mass is 9.51. The molecule has 1 aromatic heterocycles. The Labute approximate surface area is 246 Å². The number of carbonyl (C=O) groups is 1. The molecular formula is C30H29Cl3F3N3O. The first-order chi connectivity index (χ1) is 19.1. The van der Waals surface area contributed by atoms with Crippen LogP contribution in [0.4, 0.5) is 13.2 Å². The van der Waals surface area contributed by atoms with E-state index in [1.165, 1.54) is 74.6 Å². The van der Waals surface area contributed by atoms with Crippen molar-refractivity contribution >= 4 is 40.7 Å². The third-order valence-corrected chi connectivity index (χ3v) is 9.85. The van der Waals surface area contributed by atoms with Crippen molar-refractivity contribution in [1.29, 1.82) is 0 Å². The minimum Gasteiger partial charge on any atom is -0.351 e. The van der Waals surface area contributed by atoms with E-state index in [0.29, 0.717) is 22.5 Å². The summed E-state index contributed by atoms with van der Waals surface area (Å²) in [6.45, 7) is 0.295. The number of alkyl halides is 3. The molecule has 3 aromatic rings. The highest BCUT2D eigenvalue weighted by Crippen LogP contribution is 2.57. The number of hydrogen-bond acceptors (Lipinski definition) is 2. The average molecular weight is 611 g/mol. The van der Waals surface area contributed by atoms with Crippen molar-refractivity contribution < 1.29 is 18.0 Å². The highest BCUT2D eigenvalue weighted by Gasteiger charge is 2.47. The summed E-state index contributed by atoms with van der Waals surface area (Å²) >= 11 is 18.4. The first-order valence-corrected chi connectivity index (χ1v) is 14.9. The quantitative estimate of drug-likeness (QED) is 0.271. The molecule has 4 aliphatic rings. The molecule has 0 radical (unpaired) electrons. The van der Waals surface area contributed by atoms with Gasteiger partial charge in [-0.3, -0.25) is 4.79 Å². The molecule has 0 spiro atoms. The first kappa shape index (κ1) is 27.9. The zero-order valence-corrected chi connectivity index (χ0v) is 23.9. The number of hydrogen-bond donors (Lipinski definition) is 1. The SMILES string of the molecule is O=C(NCCCC1C2CC3CC(C2)CC1C3)c1nn(-c2ccc(Cl)cc2Cl)c(-c2ccc(Cl)cc2)c1C(F)(F)F. The lowest BCUT2D eigenvalue weighted by Crippen LogP contribution is -2.45. The van der Waals surface area contributed by atoms with Gasteiger partial charge >= 0.3 is 6.18 Å². The molecule has 7 rings (SSSR count). The molecule has 4 aliphatic carbocycles. The van der Waals surface area contributed by atoms with Crippen molar-refractivity contribution in [1.82, 2.24) is 15.1 Å². The van der Waals surface area contributed by atoms with Crippen LogP contribution in [0.1, 0.15) is 61.0 Å². The van der Waals surface area contributed by atoms with Crippen LogP contribution in [0, 0.1) is 29.6 Å². The molecule has 0 aliphatic heterocycles. The van der Waals surface area contributed by atoms with Crippen LogP contribution < -0.4 is 5.32 Å². The second-order valence-corrected chi connectivity index (χ2v) is 12.9. The Balaban J connectivity index is 1.27. The van der Waals surface area contributed by atoms with Crippen molar-refractivity contribution in [2.24, 2.45) is 29.6 Å². The van der Waals surface area contributed by atoms with E-state index in [-0.39, 0.29) is 22.0 Å². The number of rotatable bonds is 7. The van der Waals surface area contributed by atoms with Gasteiger partial charge in [-0.1, -0.05) is 46.9 Å². The summed E-state index contributed by atoms with van der Waals surface area (Å²) in [4.78, 5) is 13.3. The summed E-state index contributed by atoms with van der Waals surface area (Å²) in [6, 6.07) is 10.3. The summed E-state index contributed by atoms with van der Waals surface area (Å²) in [5, 5.41) is 7.69. The molecular weight excluding hydrogens is 582 g/mol. The summed E-state index contributed by atoms with van der Waals surface area (Å²) in [7, 11) is 0. The molecule has 0 saturated heterocycles. The van der Waals surface area contributed by atoms with Gasteiger partial charge in [-0.15, -0.1) is 0 Å². The van der Waals surface area contributed by atoms with Crippen molar-refractivity contribution in [3.05, 3.63) is 68.8 Å². The lowest BCUT2D eigenvalue weighted by Gasteiger charge is -2.54. The van der Waals surface area contributed by atoms with Crippen LogP contribution in [0.2, 0.25) is 15.1 Å². The molecule has 4 saturated carbocycles. The molecule has 4 fully saturated rings. The van der Waals surface area contributed by atoms with E-state index >= 15 is 0 Å². The third-order valence-electron chi connectivity index (χ3n) is 9.06. The van der Waals surface area contributed by atoms with Crippen molar-refractivity contribution in [3.63, 3.8) is 0 Å². The zero-order chi connectivity index (χ0) is 28.2. The molecule has 2 aromatic carbocycles. The van der Waals surface area contributed by atoms with Crippen molar-refractivity contribution in [3.8, 4) is 16.9 Å². The van der Waals surface area contributed by atoms with Crippen LogP contribution in [-0.2, 0) is 6.18 Å². The van der Waals surface area contributed by atoms with Gasteiger partial charge in [0.05, 0.1) is 16.4 Å². The highest BCUT2D eigenvalue weighted by molar-refractivity contribution is 6.35. The molecule has 1 amide bonds. The van der Waals surface area contributed by atoms with Gasteiger partial charge in [0.2, 0.25) is 0 Å².